The smallest absolute Gasteiger partial charge is 0.0543 e. The van der Waals surface area contributed by atoms with Crippen LogP contribution < -0.4 is 0 Å². The summed E-state index contributed by atoms with van der Waals surface area (Å²) in [5, 5.41) is 9.43. The van der Waals surface area contributed by atoms with Crippen LogP contribution in [-0.4, -0.2) is 11.2 Å². The zero-order chi connectivity index (χ0) is 9.97. The molecule has 2 unspecified atom stereocenters. The van der Waals surface area contributed by atoms with E-state index in [2.05, 4.69) is 31.2 Å². The summed E-state index contributed by atoms with van der Waals surface area (Å²) in [6.07, 6.45) is 4.28. The van der Waals surface area contributed by atoms with Crippen molar-refractivity contribution in [2.75, 3.05) is 0 Å². The van der Waals surface area contributed by atoms with Crippen molar-refractivity contribution >= 4 is 0 Å². The van der Waals surface area contributed by atoms with Gasteiger partial charge in [-0.05, 0) is 44.1 Å². The maximum atomic E-state index is 9.43. The molecule has 1 aliphatic carbocycles. The lowest BCUT2D eigenvalue weighted by molar-refractivity contribution is 0.177. The molecule has 2 rings (SSSR count). The molecule has 1 aromatic carbocycles. The fourth-order valence-electron chi connectivity index (χ4n) is 2.41. The van der Waals surface area contributed by atoms with E-state index in [0.29, 0.717) is 5.92 Å². The number of rotatable bonds is 2. The minimum Gasteiger partial charge on any atom is -0.393 e. The van der Waals surface area contributed by atoms with Gasteiger partial charge >= 0.3 is 0 Å². The van der Waals surface area contributed by atoms with Crippen molar-refractivity contribution in [1.82, 2.24) is 0 Å². The second kappa shape index (κ2) is 4.14. The molecule has 2 atom stereocenters. The van der Waals surface area contributed by atoms with Crippen LogP contribution in [0.1, 0.15) is 30.4 Å². The predicted molar refractivity (Wildman–Crippen MR) is 58.2 cm³/mol. The zero-order valence-corrected chi connectivity index (χ0v) is 8.74. The highest BCUT2D eigenvalue weighted by atomic mass is 16.3. The van der Waals surface area contributed by atoms with Gasteiger partial charge in [-0.3, -0.25) is 0 Å². The molecule has 0 amide bonds. The lowest BCUT2D eigenvalue weighted by atomic mass is 9.97. The third-order valence-corrected chi connectivity index (χ3v) is 3.12. The molecule has 0 radical (unpaired) electrons. The van der Waals surface area contributed by atoms with E-state index in [-0.39, 0.29) is 6.10 Å². The Labute approximate surface area is 85.8 Å². The SMILES string of the molecule is Cc1cccc(CC2CCC(O)C2)c1. The minimum absolute atomic E-state index is 0.0372. The maximum Gasteiger partial charge on any atom is 0.0543 e. The first-order valence-corrected chi connectivity index (χ1v) is 5.47. The molecule has 14 heavy (non-hydrogen) atoms. The van der Waals surface area contributed by atoms with E-state index < -0.39 is 0 Å². The van der Waals surface area contributed by atoms with Crippen LogP contribution in [-0.2, 0) is 6.42 Å². The van der Waals surface area contributed by atoms with E-state index in [1.165, 1.54) is 17.5 Å². The van der Waals surface area contributed by atoms with Crippen molar-refractivity contribution in [3.05, 3.63) is 35.4 Å². The summed E-state index contributed by atoms with van der Waals surface area (Å²) in [4.78, 5) is 0. The summed E-state index contributed by atoms with van der Waals surface area (Å²) in [6, 6.07) is 8.70. The van der Waals surface area contributed by atoms with E-state index >= 15 is 0 Å². The Bertz CT molecular complexity index is 306. The molecule has 1 nitrogen and oxygen atoms in total. The second-order valence-electron chi connectivity index (χ2n) is 4.53. The quantitative estimate of drug-likeness (QED) is 0.760. The van der Waals surface area contributed by atoms with Gasteiger partial charge in [-0.1, -0.05) is 29.8 Å². The summed E-state index contributed by atoms with van der Waals surface area (Å²) >= 11 is 0. The zero-order valence-electron chi connectivity index (χ0n) is 8.74. The Balaban J connectivity index is 1.97. The van der Waals surface area contributed by atoms with Crippen LogP contribution in [0, 0.1) is 12.8 Å². The van der Waals surface area contributed by atoms with Gasteiger partial charge in [-0.15, -0.1) is 0 Å². The average molecular weight is 190 g/mol. The highest BCUT2D eigenvalue weighted by Crippen LogP contribution is 2.28. The summed E-state index contributed by atoms with van der Waals surface area (Å²) in [5.41, 5.74) is 2.75. The number of aryl methyl sites for hydroxylation is 1. The summed E-state index contributed by atoms with van der Waals surface area (Å²) in [6.45, 7) is 2.13. The summed E-state index contributed by atoms with van der Waals surface area (Å²) in [7, 11) is 0. The minimum atomic E-state index is -0.0372. The van der Waals surface area contributed by atoms with Gasteiger partial charge in [-0.2, -0.15) is 0 Å². The highest BCUT2D eigenvalue weighted by molar-refractivity contribution is 5.22. The molecular weight excluding hydrogens is 172 g/mol. The Hall–Kier alpha value is -0.820. The van der Waals surface area contributed by atoms with Crippen LogP contribution in [0.3, 0.4) is 0 Å². The van der Waals surface area contributed by atoms with Crippen molar-refractivity contribution in [3.63, 3.8) is 0 Å². The number of hydrogen-bond donors (Lipinski definition) is 1. The van der Waals surface area contributed by atoms with Gasteiger partial charge in [0.1, 0.15) is 0 Å². The Morgan fingerprint density at radius 1 is 1.36 bits per heavy atom. The van der Waals surface area contributed by atoms with E-state index in [9.17, 15) is 5.11 Å². The molecular formula is C13H18O. The summed E-state index contributed by atoms with van der Waals surface area (Å²) < 4.78 is 0. The van der Waals surface area contributed by atoms with Gasteiger partial charge in [0.25, 0.3) is 0 Å². The van der Waals surface area contributed by atoms with E-state index in [0.717, 1.165) is 19.3 Å². The fraction of sp³-hybridized carbons (Fsp3) is 0.538. The molecule has 1 N–H and O–H groups in total. The number of aliphatic hydroxyl groups excluding tert-OH is 1. The summed E-state index contributed by atoms with van der Waals surface area (Å²) in [5.74, 6) is 0.701. The van der Waals surface area contributed by atoms with Crippen LogP contribution in [0.5, 0.6) is 0 Å². The molecule has 1 aliphatic rings. The Kier molecular flexibility index (Phi) is 2.87. The van der Waals surface area contributed by atoms with Gasteiger partial charge in [-0.25, -0.2) is 0 Å². The van der Waals surface area contributed by atoms with Gasteiger partial charge in [0.05, 0.1) is 6.10 Å². The molecule has 1 saturated carbocycles. The van der Waals surface area contributed by atoms with Crippen LogP contribution in [0.4, 0.5) is 0 Å². The van der Waals surface area contributed by atoms with Crippen molar-refractivity contribution in [2.45, 2.75) is 38.7 Å². The van der Waals surface area contributed by atoms with Crippen molar-refractivity contribution in [1.29, 1.82) is 0 Å². The molecule has 0 aliphatic heterocycles. The normalized spacial score (nSPS) is 26.7. The average Bonchev–Trinajstić information content (AvgIpc) is 2.51. The number of aliphatic hydroxyl groups is 1. The molecule has 0 heterocycles. The van der Waals surface area contributed by atoms with Gasteiger partial charge in [0, 0.05) is 0 Å². The fourth-order valence-corrected chi connectivity index (χ4v) is 2.41. The van der Waals surface area contributed by atoms with E-state index in [1.54, 1.807) is 0 Å². The van der Waals surface area contributed by atoms with Crippen LogP contribution in [0.25, 0.3) is 0 Å². The third-order valence-electron chi connectivity index (χ3n) is 3.12. The first kappa shape index (κ1) is 9.72. The lowest BCUT2D eigenvalue weighted by Crippen LogP contribution is -2.03. The maximum absolute atomic E-state index is 9.43. The van der Waals surface area contributed by atoms with Crippen LogP contribution in [0.15, 0.2) is 24.3 Å². The topological polar surface area (TPSA) is 20.2 Å². The van der Waals surface area contributed by atoms with Gasteiger partial charge in [0.15, 0.2) is 0 Å². The molecule has 0 saturated heterocycles. The molecule has 1 fully saturated rings. The van der Waals surface area contributed by atoms with E-state index in [1.807, 2.05) is 0 Å². The van der Waals surface area contributed by atoms with Gasteiger partial charge in [0.2, 0.25) is 0 Å². The molecule has 0 aromatic heterocycles. The van der Waals surface area contributed by atoms with Gasteiger partial charge < -0.3 is 5.11 Å². The largest absolute Gasteiger partial charge is 0.393 e. The second-order valence-corrected chi connectivity index (χ2v) is 4.53. The van der Waals surface area contributed by atoms with Crippen LogP contribution >= 0.6 is 0 Å². The Morgan fingerprint density at radius 3 is 2.86 bits per heavy atom. The predicted octanol–water partition coefficient (Wildman–Crippen LogP) is 2.70. The number of benzene rings is 1. The molecule has 0 bridgehead atoms. The van der Waals surface area contributed by atoms with Crippen molar-refractivity contribution < 1.29 is 5.11 Å². The third kappa shape index (κ3) is 2.36. The Morgan fingerprint density at radius 2 is 2.21 bits per heavy atom. The highest BCUT2D eigenvalue weighted by Gasteiger charge is 2.22. The molecule has 1 aromatic rings. The van der Waals surface area contributed by atoms with Crippen molar-refractivity contribution in [3.8, 4) is 0 Å². The molecule has 76 valence electrons. The monoisotopic (exact) mass is 190 g/mol. The number of hydrogen-bond acceptors (Lipinski definition) is 1. The van der Waals surface area contributed by atoms with E-state index in [4.69, 9.17) is 0 Å². The first-order valence-electron chi connectivity index (χ1n) is 5.47. The lowest BCUT2D eigenvalue weighted by Gasteiger charge is -2.09. The standard InChI is InChI=1S/C13H18O/c1-10-3-2-4-11(7-10)8-12-5-6-13(14)9-12/h2-4,7,12-14H,5-6,8-9H2,1H3. The van der Waals surface area contributed by atoms with Crippen molar-refractivity contribution in [2.24, 2.45) is 5.92 Å². The molecule has 1 heteroatoms. The van der Waals surface area contributed by atoms with Crippen LogP contribution in [0.2, 0.25) is 0 Å². The first-order chi connectivity index (χ1) is 6.74. The molecule has 0 spiro atoms.